The number of ether oxygens (including phenoxy) is 1. The molecule has 0 radical (unpaired) electrons. The molecule has 0 saturated heterocycles. The fourth-order valence-corrected chi connectivity index (χ4v) is 1.13. The Morgan fingerprint density at radius 2 is 1.67 bits per heavy atom. The second-order valence-electron chi connectivity index (χ2n) is 5.01. The fraction of sp³-hybridized carbons (Fsp3) is 0.727. The molecule has 0 fully saturated rings. The van der Waals surface area contributed by atoms with E-state index < -0.39 is 35.6 Å². The number of nitrogens with one attached hydrogen (secondary N) is 1. The Morgan fingerprint density at radius 3 is 2.00 bits per heavy atom. The van der Waals surface area contributed by atoms with E-state index in [0.717, 1.165) is 0 Å². The minimum absolute atomic E-state index is 0.204. The number of rotatable bonds is 5. The number of carbonyl (C=O) groups excluding carboxylic acids is 1. The van der Waals surface area contributed by atoms with E-state index in [1.165, 1.54) is 6.92 Å². The summed E-state index contributed by atoms with van der Waals surface area (Å²) in [4.78, 5) is 32.9. The summed E-state index contributed by atoms with van der Waals surface area (Å²) in [5.41, 5.74) is -0.744. The summed E-state index contributed by atoms with van der Waals surface area (Å²) < 4.78 is 4.90. The number of carbonyl (C=O) groups is 3. The number of carboxylic acid groups (broad SMARTS) is 2. The van der Waals surface area contributed by atoms with Gasteiger partial charge in [-0.15, -0.1) is 0 Å². The van der Waals surface area contributed by atoms with Crippen molar-refractivity contribution in [2.24, 2.45) is 5.92 Å². The zero-order chi connectivity index (χ0) is 14.5. The molecule has 0 aromatic heterocycles. The van der Waals surface area contributed by atoms with Gasteiger partial charge in [0.05, 0.1) is 5.92 Å². The summed E-state index contributed by atoms with van der Waals surface area (Å²) in [7, 11) is 0. The van der Waals surface area contributed by atoms with Crippen molar-refractivity contribution in [2.75, 3.05) is 0 Å². The molecule has 0 aliphatic heterocycles. The van der Waals surface area contributed by atoms with Crippen molar-refractivity contribution >= 4 is 18.0 Å². The van der Waals surface area contributed by atoms with Crippen LogP contribution in [0.15, 0.2) is 0 Å². The van der Waals surface area contributed by atoms with Crippen LogP contribution in [0.1, 0.15) is 34.1 Å². The summed E-state index contributed by atoms with van der Waals surface area (Å²) in [5, 5.41) is 19.7. The maximum Gasteiger partial charge on any atom is 0.408 e. The maximum absolute atomic E-state index is 11.4. The van der Waals surface area contributed by atoms with E-state index in [0.29, 0.717) is 0 Å². The highest BCUT2D eigenvalue weighted by atomic mass is 16.6. The van der Waals surface area contributed by atoms with Crippen LogP contribution in [0.2, 0.25) is 0 Å². The van der Waals surface area contributed by atoms with E-state index in [1.807, 2.05) is 0 Å². The second kappa shape index (κ2) is 6.23. The summed E-state index contributed by atoms with van der Waals surface area (Å²) in [6, 6.07) is -1.29. The third-order valence-corrected chi connectivity index (χ3v) is 2.00. The fourth-order valence-electron chi connectivity index (χ4n) is 1.13. The third-order valence-electron chi connectivity index (χ3n) is 2.00. The van der Waals surface area contributed by atoms with Crippen LogP contribution < -0.4 is 5.32 Å². The van der Waals surface area contributed by atoms with E-state index in [2.05, 4.69) is 5.32 Å². The van der Waals surface area contributed by atoms with Crippen LogP contribution in [0.5, 0.6) is 0 Å². The Hall–Kier alpha value is -1.79. The van der Waals surface area contributed by atoms with Crippen LogP contribution in [0.4, 0.5) is 4.79 Å². The first-order valence-corrected chi connectivity index (χ1v) is 5.48. The minimum atomic E-state index is -1.30. The van der Waals surface area contributed by atoms with Gasteiger partial charge in [0.2, 0.25) is 0 Å². The zero-order valence-corrected chi connectivity index (χ0v) is 10.9. The van der Waals surface area contributed by atoms with E-state index in [4.69, 9.17) is 14.9 Å². The van der Waals surface area contributed by atoms with Crippen LogP contribution in [0.3, 0.4) is 0 Å². The quantitative estimate of drug-likeness (QED) is 0.682. The van der Waals surface area contributed by atoms with Gasteiger partial charge in [0.1, 0.15) is 11.6 Å². The largest absolute Gasteiger partial charge is 0.481 e. The number of amides is 1. The van der Waals surface area contributed by atoms with Gasteiger partial charge in [-0.3, -0.25) is 4.79 Å². The average Bonchev–Trinajstić information content (AvgIpc) is 2.12. The zero-order valence-electron chi connectivity index (χ0n) is 10.9. The molecule has 18 heavy (non-hydrogen) atoms. The molecule has 2 atom stereocenters. The topological polar surface area (TPSA) is 113 Å². The van der Waals surface area contributed by atoms with E-state index in [1.54, 1.807) is 20.8 Å². The molecular formula is C11H19NO6. The van der Waals surface area contributed by atoms with E-state index in [-0.39, 0.29) is 6.42 Å². The molecule has 0 saturated carbocycles. The lowest BCUT2D eigenvalue weighted by Gasteiger charge is -2.22. The van der Waals surface area contributed by atoms with Crippen molar-refractivity contribution in [1.82, 2.24) is 5.32 Å². The van der Waals surface area contributed by atoms with Gasteiger partial charge in [0, 0.05) is 0 Å². The molecular weight excluding hydrogens is 242 g/mol. The number of hydrogen-bond donors (Lipinski definition) is 3. The molecule has 0 aliphatic rings. The second-order valence-corrected chi connectivity index (χ2v) is 5.01. The first-order chi connectivity index (χ1) is 8.03. The van der Waals surface area contributed by atoms with Crippen LogP contribution in [-0.2, 0) is 14.3 Å². The lowest BCUT2D eigenvalue weighted by atomic mass is 10.0. The molecule has 0 bridgehead atoms. The Kier molecular flexibility index (Phi) is 5.61. The Morgan fingerprint density at radius 1 is 1.17 bits per heavy atom. The lowest BCUT2D eigenvalue weighted by molar-refractivity contribution is -0.143. The van der Waals surface area contributed by atoms with Gasteiger partial charge >= 0.3 is 18.0 Å². The van der Waals surface area contributed by atoms with Crippen molar-refractivity contribution in [3.8, 4) is 0 Å². The highest BCUT2D eigenvalue weighted by Crippen LogP contribution is 2.10. The van der Waals surface area contributed by atoms with E-state index in [9.17, 15) is 14.4 Å². The lowest BCUT2D eigenvalue weighted by Crippen LogP contribution is -2.44. The van der Waals surface area contributed by atoms with Gasteiger partial charge in [-0.25, -0.2) is 9.59 Å². The van der Waals surface area contributed by atoms with Gasteiger partial charge in [0.15, 0.2) is 0 Å². The van der Waals surface area contributed by atoms with Crippen molar-refractivity contribution in [3.63, 3.8) is 0 Å². The molecule has 0 spiro atoms. The molecule has 0 heterocycles. The Labute approximate surface area is 105 Å². The van der Waals surface area contributed by atoms with Gasteiger partial charge in [0.25, 0.3) is 0 Å². The predicted molar refractivity (Wildman–Crippen MR) is 62.2 cm³/mol. The van der Waals surface area contributed by atoms with Gasteiger partial charge in [-0.1, -0.05) is 6.92 Å². The summed E-state index contributed by atoms with van der Waals surface area (Å²) in [6.07, 6.45) is -1.09. The molecule has 0 aromatic carbocycles. The van der Waals surface area contributed by atoms with E-state index >= 15 is 0 Å². The average molecular weight is 261 g/mol. The molecule has 7 heteroatoms. The standard InChI is InChI=1S/C11H19NO6/c1-6(8(13)14)5-7(9(15)16)12-10(17)18-11(2,3)4/h6-7H,5H2,1-4H3,(H,12,17)(H,13,14)(H,15,16)/t6-,7-/m1/s1. The summed E-state index contributed by atoms with van der Waals surface area (Å²) in [6.45, 7) is 6.29. The third kappa shape index (κ3) is 6.72. The first-order valence-electron chi connectivity index (χ1n) is 5.48. The van der Waals surface area contributed by atoms with Crippen LogP contribution in [-0.4, -0.2) is 39.9 Å². The molecule has 1 amide bonds. The summed E-state index contributed by atoms with van der Waals surface area (Å²) in [5.74, 6) is -3.29. The molecule has 0 unspecified atom stereocenters. The first kappa shape index (κ1) is 16.2. The van der Waals surface area contributed by atoms with Crippen molar-refractivity contribution in [3.05, 3.63) is 0 Å². The highest BCUT2D eigenvalue weighted by Gasteiger charge is 2.27. The molecule has 0 rings (SSSR count). The van der Waals surface area contributed by atoms with Crippen LogP contribution in [0.25, 0.3) is 0 Å². The normalized spacial score (nSPS) is 14.4. The van der Waals surface area contributed by atoms with Crippen LogP contribution in [0, 0.1) is 5.92 Å². The minimum Gasteiger partial charge on any atom is -0.481 e. The van der Waals surface area contributed by atoms with Crippen molar-refractivity contribution in [1.29, 1.82) is 0 Å². The molecule has 0 aliphatic carbocycles. The van der Waals surface area contributed by atoms with Gasteiger partial charge < -0.3 is 20.3 Å². The molecule has 104 valence electrons. The monoisotopic (exact) mass is 261 g/mol. The molecule has 7 nitrogen and oxygen atoms in total. The number of carboxylic acids is 2. The van der Waals surface area contributed by atoms with Crippen molar-refractivity contribution < 1.29 is 29.3 Å². The van der Waals surface area contributed by atoms with Gasteiger partial charge in [-0.2, -0.15) is 0 Å². The molecule has 0 aromatic rings. The highest BCUT2D eigenvalue weighted by molar-refractivity contribution is 5.81. The predicted octanol–water partition coefficient (Wildman–Crippen LogP) is 1.08. The number of alkyl carbamates (subject to hydrolysis) is 1. The van der Waals surface area contributed by atoms with Crippen LogP contribution >= 0.6 is 0 Å². The van der Waals surface area contributed by atoms with Crippen molar-refractivity contribution in [2.45, 2.75) is 45.8 Å². The smallest absolute Gasteiger partial charge is 0.408 e. The Balaban J connectivity index is 4.50. The SMILES string of the molecule is C[C@H](C[C@@H](NC(=O)OC(C)(C)C)C(=O)O)C(=O)O. The summed E-state index contributed by atoms with van der Waals surface area (Å²) >= 11 is 0. The molecule has 3 N–H and O–H groups in total. The number of aliphatic carboxylic acids is 2. The van der Waals surface area contributed by atoms with Gasteiger partial charge in [-0.05, 0) is 27.2 Å². The maximum atomic E-state index is 11.4. The number of hydrogen-bond acceptors (Lipinski definition) is 4. The Bertz CT molecular complexity index is 333.